The third kappa shape index (κ3) is 4.90. The van der Waals surface area contributed by atoms with E-state index in [9.17, 15) is 31.9 Å². The average Bonchev–Trinajstić information content (AvgIpc) is 2.83. The molecule has 1 heterocycles. The van der Waals surface area contributed by atoms with Crippen molar-refractivity contribution in [3.05, 3.63) is 92.4 Å². The van der Waals surface area contributed by atoms with Gasteiger partial charge >= 0.3 is 12.5 Å². The number of nitrogens with zero attached hydrogens (tertiary/aromatic N) is 2. The molecule has 0 spiro atoms. The molecule has 0 N–H and O–H groups in total. The summed E-state index contributed by atoms with van der Waals surface area (Å²) >= 11 is 3.46. The predicted octanol–water partition coefficient (Wildman–Crippen LogP) is 6.81. The van der Waals surface area contributed by atoms with Crippen LogP contribution in [0.1, 0.15) is 23.6 Å². The third-order valence-corrected chi connectivity index (χ3v) is 7.76. The summed E-state index contributed by atoms with van der Waals surface area (Å²) in [5.41, 5.74) is 0.959. The molecule has 2 unspecified atom stereocenters. The van der Waals surface area contributed by atoms with Gasteiger partial charge in [0.1, 0.15) is 10.6 Å². The van der Waals surface area contributed by atoms with Crippen LogP contribution in [0.25, 0.3) is 0 Å². The lowest BCUT2D eigenvalue weighted by atomic mass is 9.93. The summed E-state index contributed by atoms with van der Waals surface area (Å²) in [5, 5.41) is 11.6. The Morgan fingerprint density at radius 3 is 2.49 bits per heavy atom. The molecule has 184 valence electrons. The van der Waals surface area contributed by atoms with Gasteiger partial charge in [-0.3, -0.25) is 14.4 Å². The molecule has 0 saturated carbocycles. The lowest BCUT2D eigenvalue weighted by Crippen LogP contribution is -2.37. The van der Waals surface area contributed by atoms with Crippen LogP contribution in [0.3, 0.4) is 0 Å². The third-order valence-electron chi connectivity index (χ3n) is 5.49. The monoisotopic (exact) mass is 572 g/mol. The van der Waals surface area contributed by atoms with E-state index < -0.39 is 40.2 Å². The van der Waals surface area contributed by atoms with Crippen LogP contribution >= 0.6 is 15.9 Å². The van der Waals surface area contributed by atoms with Crippen molar-refractivity contribution in [2.75, 3.05) is 4.31 Å². The Balaban J connectivity index is 1.87. The second-order valence-corrected chi connectivity index (χ2v) is 9.78. The number of ether oxygens (including phenoxy) is 1. The van der Waals surface area contributed by atoms with Crippen molar-refractivity contribution in [3.63, 3.8) is 0 Å². The molecule has 0 saturated heterocycles. The fourth-order valence-electron chi connectivity index (χ4n) is 3.96. The molecular formula is C23H17BrF4N2O4S. The Bertz CT molecular complexity index is 1290. The largest absolute Gasteiger partial charge is 0.461 e. The van der Waals surface area contributed by atoms with Crippen LogP contribution in [-0.2, 0) is 17.4 Å². The van der Waals surface area contributed by atoms with Gasteiger partial charge in [-0.25, -0.2) is 4.21 Å². The first kappa shape index (κ1) is 25.1. The SMILES string of the molecule is O=[N+]([O-])c1ccccc1S(=O)N1c2cccc(Br)c2CCC1c1ccccc1OC(F)(F)C(F)F. The molecule has 1 aliphatic heterocycles. The zero-order valence-corrected chi connectivity index (χ0v) is 20.1. The highest BCUT2D eigenvalue weighted by Crippen LogP contribution is 2.46. The summed E-state index contributed by atoms with van der Waals surface area (Å²) in [7, 11) is -2.16. The number of hydrogen-bond acceptors (Lipinski definition) is 4. The van der Waals surface area contributed by atoms with Crippen molar-refractivity contribution in [1.82, 2.24) is 0 Å². The molecule has 3 aromatic rings. The van der Waals surface area contributed by atoms with Gasteiger partial charge in [-0.15, -0.1) is 0 Å². The maximum absolute atomic E-state index is 13.9. The predicted molar refractivity (Wildman–Crippen MR) is 125 cm³/mol. The first-order valence-corrected chi connectivity index (χ1v) is 12.2. The van der Waals surface area contributed by atoms with E-state index >= 15 is 0 Å². The molecule has 2 atom stereocenters. The molecular weight excluding hydrogens is 556 g/mol. The van der Waals surface area contributed by atoms with E-state index in [0.29, 0.717) is 16.6 Å². The highest BCUT2D eigenvalue weighted by Gasteiger charge is 2.45. The topological polar surface area (TPSA) is 72.7 Å². The molecule has 0 bridgehead atoms. The molecule has 0 radical (unpaired) electrons. The first-order chi connectivity index (χ1) is 16.6. The minimum Gasteiger partial charge on any atom is -0.428 e. The van der Waals surface area contributed by atoms with Crippen molar-refractivity contribution in [2.24, 2.45) is 0 Å². The molecule has 0 fully saturated rings. The van der Waals surface area contributed by atoms with Crippen LogP contribution in [0, 0.1) is 10.1 Å². The van der Waals surface area contributed by atoms with Crippen LogP contribution in [0.2, 0.25) is 0 Å². The number of rotatable bonds is 7. The molecule has 0 aliphatic carbocycles. The van der Waals surface area contributed by atoms with Gasteiger partial charge in [0, 0.05) is 16.1 Å². The maximum atomic E-state index is 13.9. The van der Waals surface area contributed by atoms with E-state index in [0.717, 1.165) is 11.6 Å². The normalized spacial score (nSPS) is 16.6. The number of benzene rings is 3. The molecule has 35 heavy (non-hydrogen) atoms. The number of fused-ring (bicyclic) bond motifs is 1. The van der Waals surface area contributed by atoms with E-state index in [-0.39, 0.29) is 22.6 Å². The minimum atomic E-state index is -4.74. The zero-order valence-electron chi connectivity index (χ0n) is 17.7. The molecule has 6 nitrogen and oxygen atoms in total. The van der Waals surface area contributed by atoms with Crippen molar-refractivity contribution in [3.8, 4) is 5.75 Å². The Kier molecular flexibility index (Phi) is 7.13. The van der Waals surface area contributed by atoms with Gasteiger partial charge in [-0.1, -0.05) is 52.3 Å². The van der Waals surface area contributed by atoms with Crippen molar-refractivity contribution in [1.29, 1.82) is 0 Å². The van der Waals surface area contributed by atoms with Crippen LogP contribution < -0.4 is 9.04 Å². The van der Waals surface area contributed by atoms with Gasteiger partial charge in [-0.05, 0) is 42.7 Å². The van der Waals surface area contributed by atoms with Gasteiger partial charge in [0.05, 0.1) is 16.7 Å². The number of halogens is 5. The van der Waals surface area contributed by atoms with Gasteiger partial charge in [0.15, 0.2) is 11.0 Å². The van der Waals surface area contributed by atoms with Crippen LogP contribution in [0.4, 0.5) is 28.9 Å². The van der Waals surface area contributed by atoms with E-state index in [2.05, 4.69) is 20.7 Å². The molecule has 0 aromatic heterocycles. The van der Waals surface area contributed by atoms with E-state index in [1.165, 1.54) is 46.8 Å². The van der Waals surface area contributed by atoms with Crippen molar-refractivity contribution >= 4 is 38.3 Å². The second kappa shape index (κ2) is 9.94. The standard InChI is InChI=1S/C23H17BrF4N2O4S/c24-16-7-5-9-17-14(16)12-13-18(15-6-1-3-10-20(15)34-23(27,28)22(25)26)29(17)35(33)21-11-4-2-8-19(21)30(31)32/h1-11,18,22H,12-13H2. The van der Waals surface area contributed by atoms with Gasteiger partial charge in [0.2, 0.25) is 0 Å². The highest BCUT2D eigenvalue weighted by molar-refractivity contribution is 9.10. The average molecular weight is 573 g/mol. The molecule has 12 heteroatoms. The molecule has 0 amide bonds. The Morgan fingerprint density at radius 1 is 1.09 bits per heavy atom. The molecule has 4 rings (SSSR count). The number of nitro groups is 1. The summed E-state index contributed by atoms with van der Waals surface area (Å²) in [5.74, 6) is -0.495. The van der Waals surface area contributed by atoms with Gasteiger partial charge in [-0.2, -0.15) is 17.6 Å². The Morgan fingerprint density at radius 2 is 1.77 bits per heavy atom. The minimum absolute atomic E-state index is 0.0911. The smallest absolute Gasteiger partial charge is 0.428 e. The maximum Gasteiger partial charge on any atom is 0.461 e. The summed E-state index contributed by atoms with van der Waals surface area (Å²) in [4.78, 5) is 10.9. The summed E-state index contributed by atoms with van der Waals surface area (Å²) in [6.07, 6.45) is -8.11. The van der Waals surface area contributed by atoms with Crippen LogP contribution in [-0.4, -0.2) is 21.7 Å². The van der Waals surface area contributed by atoms with E-state index in [1.807, 2.05) is 0 Å². The van der Waals surface area contributed by atoms with Crippen molar-refractivity contribution in [2.45, 2.75) is 36.3 Å². The number of anilines is 1. The molecule has 3 aromatic carbocycles. The zero-order chi connectivity index (χ0) is 25.3. The number of para-hydroxylation sites is 2. The summed E-state index contributed by atoms with van der Waals surface area (Å²) in [6, 6.07) is 15.2. The quantitative estimate of drug-likeness (QED) is 0.177. The summed E-state index contributed by atoms with van der Waals surface area (Å²) < 4.78 is 73.7. The first-order valence-electron chi connectivity index (χ1n) is 10.3. The van der Waals surface area contributed by atoms with Crippen LogP contribution in [0.15, 0.2) is 76.1 Å². The lowest BCUT2D eigenvalue weighted by molar-refractivity contribution is -0.387. The fraction of sp³-hybridized carbons (Fsp3) is 0.217. The van der Waals surface area contributed by atoms with Gasteiger partial charge < -0.3 is 4.74 Å². The van der Waals surface area contributed by atoms with E-state index in [1.54, 1.807) is 18.2 Å². The number of hydrogen-bond donors (Lipinski definition) is 0. The lowest BCUT2D eigenvalue weighted by Gasteiger charge is -2.38. The molecule has 1 aliphatic rings. The van der Waals surface area contributed by atoms with Crippen LogP contribution in [0.5, 0.6) is 5.75 Å². The number of alkyl halides is 4. The van der Waals surface area contributed by atoms with E-state index in [4.69, 9.17) is 0 Å². The fourth-order valence-corrected chi connectivity index (χ4v) is 6.04. The van der Waals surface area contributed by atoms with Crippen molar-refractivity contribution < 1.29 is 31.4 Å². The second-order valence-electron chi connectivity index (χ2n) is 7.59. The summed E-state index contributed by atoms with van der Waals surface area (Å²) in [6.45, 7) is 0. The Labute approximate surface area is 208 Å². The Hall–Kier alpha value is -2.99. The van der Waals surface area contributed by atoms with Gasteiger partial charge in [0.25, 0.3) is 5.69 Å². The highest BCUT2D eigenvalue weighted by atomic mass is 79.9. The number of nitro benzene ring substituents is 1.